The molecular weight excluding hydrogens is 320 g/mol. The maximum absolute atomic E-state index is 12.0. The van der Waals surface area contributed by atoms with Crippen molar-refractivity contribution in [1.29, 1.82) is 0 Å². The van der Waals surface area contributed by atoms with E-state index in [-0.39, 0.29) is 5.97 Å². The van der Waals surface area contributed by atoms with E-state index in [2.05, 4.69) is 6.92 Å². The van der Waals surface area contributed by atoms with Gasteiger partial charge < -0.3 is 20.1 Å². The largest absolute Gasteiger partial charge is 0.461 e. The van der Waals surface area contributed by atoms with E-state index in [0.717, 1.165) is 19.3 Å². The summed E-state index contributed by atoms with van der Waals surface area (Å²) in [5, 5.41) is 28.3. The Balaban J connectivity index is 3.85. The first kappa shape index (κ1) is 24.4. The van der Waals surface area contributed by atoms with Crippen molar-refractivity contribution in [2.24, 2.45) is 5.41 Å². The fourth-order valence-electron chi connectivity index (χ4n) is 3.07. The standard InChI is InChI=1S/C20H40O5/c1-3-5-6-7-8-9-10-11-12-13-14-19(24)25-18(4-2)20(15-21,16-22)17-23/h18,21-23H,3-17H2,1-2H3. The Morgan fingerprint density at radius 1 is 0.800 bits per heavy atom. The molecule has 0 aliphatic rings. The third-order valence-corrected chi connectivity index (χ3v) is 5.01. The quantitative estimate of drug-likeness (QED) is 0.273. The monoisotopic (exact) mass is 360 g/mol. The maximum Gasteiger partial charge on any atom is 0.306 e. The SMILES string of the molecule is CCCCCCCCCCCCC(=O)OC(CC)C(CO)(CO)CO. The molecule has 0 aromatic carbocycles. The van der Waals surface area contributed by atoms with Crippen molar-refractivity contribution in [3.8, 4) is 0 Å². The van der Waals surface area contributed by atoms with Crippen LogP contribution in [0.2, 0.25) is 0 Å². The molecule has 5 nitrogen and oxygen atoms in total. The van der Waals surface area contributed by atoms with E-state index in [1.165, 1.54) is 44.9 Å². The van der Waals surface area contributed by atoms with Crippen LogP contribution in [0.5, 0.6) is 0 Å². The van der Waals surface area contributed by atoms with E-state index < -0.39 is 31.3 Å². The van der Waals surface area contributed by atoms with Gasteiger partial charge in [-0.2, -0.15) is 0 Å². The van der Waals surface area contributed by atoms with Gasteiger partial charge in [-0.25, -0.2) is 0 Å². The molecule has 0 amide bonds. The number of hydrogen-bond acceptors (Lipinski definition) is 5. The molecular formula is C20H40O5. The summed E-state index contributed by atoms with van der Waals surface area (Å²) in [7, 11) is 0. The van der Waals surface area contributed by atoms with Crippen LogP contribution in [-0.2, 0) is 9.53 Å². The van der Waals surface area contributed by atoms with Crippen LogP contribution in [0.1, 0.15) is 90.9 Å². The van der Waals surface area contributed by atoms with Crippen LogP contribution in [-0.4, -0.2) is 47.2 Å². The average molecular weight is 361 g/mol. The van der Waals surface area contributed by atoms with Crippen LogP contribution in [0.4, 0.5) is 0 Å². The number of ether oxygens (including phenoxy) is 1. The van der Waals surface area contributed by atoms with E-state index in [1.807, 2.05) is 6.92 Å². The number of esters is 1. The number of carbonyl (C=O) groups excluding carboxylic acids is 1. The van der Waals surface area contributed by atoms with Gasteiger partial charge in [-0.15, -0.1) is 0 Å². The van der Waals surface area contributed by atoms with Gasteiger partial charge in [0.25, 0.3) is 0 Å². The number of hydrogen-bond donors (Lipinski definition) is 3. The fourth-order valence-corrected chi connectivity index (χ4v) is 3.07. The average Bonchev–Trinajstić information content (AvgIpc) is 2.64. The summed E-state index contributed by atoms with van der Waals surface area (Å²) in [5.74, 6) is -0.314. The zero-order chi connectivity index (χ0) is 19.0. The van der Waals surface area contributed by atoms with Crippen molar-refractivity contribution < 1.29 is 24.9 Å². The van der Waals surface area contributed by atoms with Crippen molar-refractivity contribution in [1.82, 2.24) is 0 Å². The summed E-state index contributed by atoms with van der Waals surface area (Å²) in [5.41, 5.74) is -1.16. The van der Waals surface area contributed by atoms with Gasteiger partial charge in [-0.05, 0) is 12.8 Å². The van der Waals surface area contributed by atoms with E-state index in [4.69, 9.17) is 4.74 Å². The zero-order valence-corrected chi connectivity index (χ0v) is 16.3. The van der Waals surface area contributed by atoms with Gasteiger partial charge in [0.05, 0.1) is 25.2 Å². The fraction of sp³-hybridized carbons (Fsp3) is 0.950. The third kappa shape index (κ3) is 10.2. The predicted octanol–water partition coefficient (Wildman–Crippen LogP) is 3.58. The minimum Gasteiger partial charge on any atom is -0.461 e. The van der Waals surface area contributed by atoms with E-state index in [9.17, 15) is 20.1 Å². The van der Waals surface area contributed by atoms with Gasteiger partial charge in [-0.3, -0.25) is 4.79 Å². The minimum atomic E-state index is -1.16. The summed E-state index contributed by atoms with van der Waals surface area (Å²) in [4.78, 5) is 12.0. The van der Waals surface area contributed by atoms with Crippen molar-refractivity contribution in [3.05, 3.63) is 0 Å². The van der Waals surface area contributed by atoms with Gasteiger partial charge >= 0.3 is 5.97 Å². The molecule has 1 atom stereocenters. The molecule has 0 fully saturated rings. The van der Waals surface area contributed by atoms with Crippen molar-refractivity contribution in [2.75, 3.05) is 19.8 Å². The van der Waals surface area contributed by atoms with E-state index >= 15 is 0 Å². The molecule has 0 spiro atoms. The molecule has 3 N–H and O–H groups in total. The molecule has 0 radical (unpaired) electrons. The second kappa shape index (κ2) is 15.6. The highest BCUT2D eigenvalue weighted by Gasteiger charge is 2.39. The first-order valence-electron chi connectivity index (χ1n) is 10.1. The number of aliphatic hydroxyl groups is 3. The van der Waals surface area contributed by atoms with Crippen molar-refractivity contribution >= 4 is 5.97 Å². The summed E-state index contributed by atoms with van der Waals surface area (Å²) < 4.78 is 5.40. The molecule has 0 aromatic rings. The number of carbonyl (C=O) groups is 1. The van der Waals surface area contributed by atoms with E-state index in [1.54, 1.807) is 0 Å². The zero-order valence-electron chi connectivity index (χ0n) is 16.3. The lowest BCUT2D eigenvalue weighted by Gasteiger charge is -2.35. The molecule has 5 heteroatoms. The smallest absolute Gasteiger partial charge is 0.306 e. The Kier molecular flexibility index (Phi) is 15.2. The van der Waals surface area contributed by atoms with Gasteiger partial charge in [0, 0.05) is 6.42 Å². The molecule has 0 heterocycles. The number of unbranched alkanes of at least 4 members (excludes halogenated alkanes) is 9. The predicted molar refractivity (Wildman–Crippen MR) is 100 cm³/mol. The first-order chi connectivity index (χ1) is 12.1. The Labute approximate surface area is 153 Å². The molecule has 0 bridgehead atoms. The molecule has 0 saturated heterocycles. The molecule has 0 aromatic heterocycles. The highest BCUT2D eigenvalue weighted by molar-refractivity contribution is 5.69. The maximum atomic E-state index is 12.0. The Hall–Kier alpha value is -0.650. The summed E-state index contributed by atoms with van der Waals surface area (Å²) >= 11 is 0. The Morgan fingerprint density at radius 3 is 1.64 bits per heavy atom. The lowest BCUT2D eigenvalue weighted by Crippen LogP contribution is -2.47. The molecule has 25 heavy (non-hydrogen) atoms. The van der Waals surface area contributed by atoms with Crippen molar-refractivity contribution in [3.63, 3.8) is 0 Å². The van der Waals surface area contributed by atoms with Gasteiger partial charge in [0.15, 0.2) is 0 Å². The second-order valence-corrected chi connectivity index (χ2v) is 7.16. The van der Waals surface area contributed by atoms with Gasteiger partial charge in [0.2, 0.25) is 0 Å². The van der Waals surface area contributed by atoms with E-state index in [0.29, 0.717) is 12.8 Å². The summed E-state index contributed by atoms with van der Waals surface area (Å²) in [6.07, 6.45) is 12.2. The first-order valence-corrected chi connectivity index (χ1v) is 10.1. The molecule has 0 aliphatic carbocycles. The lowest BCUT2D eigenvalue weighted by molar-refractivity contribution is -0.166. The topological polar surface area (TPSA) is 87.0 Å². The van der Waals surface area contributed by atoms with Crippen LogP contribution in [0.25, 0.3) is 0 Å². The molecule has 0 saturated carbocycles. The lowest BCUT2D eigenvalue weighted by atomic mass is 9.83. The molecule has 0 aliphatic heterocycles. The summed E-state index contributed by atoms with van der Waals surface area (Å²) in [6, 6.07) is 0. The number of rotatable bonds is 17. The van der Waals surface area contributed by atoms with Crippen LogP contribution >= 0.6 is 0 Å². The highest BCUT2D eigenvalue weighted by atomic mass is 16.5. The second-order valence-electron chi connectivity index (χ2n) is 7.16. The normalized spacial score (nSPS) is 13.0. The Morgan fingerprint density at radius 2 is 1.24 bits per heavy atom. The van der Waals surface area contributed by atoms with Crippen molar-refractivity contribution in [2.45, 2.75) is 97.0 Å². The molecule has 1 unspecified atom stereocenters. The minimum absolute atomic E-state index is 0.314. The highest BCUT2D eigenvalue weighted by Crippen LogP contribution is 2.26. The van der Waals surface area contributed by atoms with Crippen LogP contribution in [0, 0.1) is 5.41 Å². The Bertz CT molecular complexity index is 307. The molecule has 150 valence electrons. The number of aliphatic hydroxyl groups excluding tert-OH is 3. The summed E-state index contributed by atoms with van der Waals surface area (Å²) in [6.45, 7) is 2.80. The van der Waals surface area contributed by atoms with Crippen LogP contribution < -0.4 is 0 Å². The van der Waals surface area contributed by atoms with Gasteiger partial charge in [0.1, 0.15) is 6.10 Å². The third-order valence-electron chi connectivity index (χ3n) is 5.01. The van der Waals surface area contributed by atoms with Crippen LogP contribution in [0.15, 0.2) is 0 Å². The molecule has 0 rings (SSSR count). The van der Waals surface area contributed by atoms with Crippen LogP contribution in [0.3, 0.4) is 0 Å². The van der Waals surface area contributed by atoms with Gasteiger partial charge in [-0.1, -0.05) is 71.6 Å².